The van der Waals surface area contributed by atoms with Crippen molar-refractivity contribution in [3.63, 3.8) is 0 Å². The van der Waals surface area contributed by atoms with E-state index >= 15 is 0 Å². The highest BCUT2D eigenvalue weighted by molar-refractivity contribution is 5.79. The lowest BCUT2D eigenvalue weighted by Gasteiger charge is -2.36. The van der Waals surface area contributed by atoms with Crippen molar-refractivity contribution >= 4 is 5.91 Å². The number of carbonyl (C=O) groups is 1. The lowest BCUT2D eigenvalue weighted by atomic mass is 10.0. The number of morpholine rings is 1. The summed E-state index contributed by atoms with van der Waals surface area (Å²) in [6, 6.07) is 0.508. The smallest absolute Gasteiger partial charge is 0.226 e. The van der Waals surface area contributed by atoms with Crippen LogP contribution in [0.15, 0.2) is 0 Å². The Morgan fingerprint density at radius 2 is 2.31 bits per heavy atom. The summed E-state index contributed by atoms with van der Waals surface area (Å²) in [5, 5.41) is 0. The van der Waals surface area contributed by atoms with Crippen LogP contribution in [0, 0.1) is 5.92 Å². The average molecular weight is 226 g/mol. The molecule has 2 fully saturated rings. The van der Waals surface area contributed by atoms with Gasteiger partial charge in [-0.3, -0.25) is 4.79 Å². The zero-order valence-corrected chi connectivity index (χ0v) is 10.0. The summed E-state index contributed by atoms with van der Waals surface area (Å²) in [7, 11) is 0. The molecule has 2 rings (SSSR count). The van der Waals surface area contributed by atoms with E-state index in [2.05, 4.69) is 6.92 Å². The Morgan fingerprint density at radius 3 is 2.94 bits per heavy atom. The summed E-state index contributed by atoms with van der Waals surface area (Å²) in [5.41, 5.74) is 5.86. The number of nitrogens with zero attached hydrogens (tertiary/aromatic N) is 1. The highest BCUT2D eigenvalue weighted by atomic mass is 16.5. The average Bonchev–Trinajstić information content (AvgIpc) is 2.75. The molecule has 1 saturated carbocycles. The van der Waals surface area contributed by atoms with E-state index in [1.165, 1.54) is 0 Å². The van der Waals surface area contributed by atoms with Gasteiger partial charge in [-0.2, -0.15) is 0 Å². The molecular formula is C12H22N2O2. The van der Waals surface area contributed by atoms with Crippen LogP contribution in [0.4, 0.5) is 0 Å². The molecule has 0 radical (unpaired) electrons. The number of amides is 1. The number of nitrogens with two attached hydrogens (primary N) is 1. The van der Waals surface area contributed by atoms with Gasteiger partial charge in [-0.05, 0) is 25.7 Å². The van der Waals surface area contributed by atoms with E-state index in [9.17, 15) is 4.79 Å². The maximum absolute atomic E-state index is 12.3. The molecule has 0 aromatic heterocycles. The summed E-state index contributed by atoms with van der Waals surface area (Å²) in [6.45, 7) is 4.24. The fourth-order valence-corrected chi connectivity index (χ4v) is 2.76. The molecule has 1 aliphatic heterocycles. The van der Waals surface area contributed by atoms with Gasteiger partial charge in [0.25, 0.3) is 0 Å². The van der Waals surface area contributed by atoms with Gasteiger partial charge in [-0.15, -0.1) is 0 Å². The van der Waals surface area contributed by atoms with Crippen molar-refractivity contribution in [2.24, 2.45) is 11.7 Å². The predicted octanol–water partition coefficient (Wildman–Crippen LogP) is 0.751. The van der Waals surface area contributed by atoms with Crippen LogP contribution in [0.5, 0.6) is 0 Å². The van der Waals surface area contributed by atoms with Crippen LogP contribution in [-0.2, 0) is 9.53 Å². The monoisotopic (exact) mass is 226 g/mol. The van der Waals surface area contributed by atoms with Crippen molar-refractivity contribution in [1.82, 2.24) is 4.90 Å². The number of rotatable bonds is 2. The van der Waals surface area contributed by atoms with Gasteiger partial charge < -0.3 is 15.4 Å². The first-order valence-electron chi connectivity index (χ1n) is 6.36. The third-order valence-electron chi connectivity index (χ3n) is 3.80. The fourth-order valence-electron chi connectivity index (χ4n) is 2.76. The van der Waals surface area contributed by atoms with E-state index in [4.69, 9.17) is 10.5 Å². The summed E-state index contributed by atoms with van der Waals surface area (Å²) in [4.78, 5) is 14.4. The van der Waals surface area contributed by atoms with Gasteiger partial charge in [0.1, 0.15) is 0 Å². The number of hydrogen-bond acceptors (Lipinski definition) is 3. The van der Waals surface area contributed by atoms with Gasteiger partial charge in [-0.25, -0.2) is 0 Å². The van der Waals surface area contributed by atoms with Crippen LogP contribution in [0.1, 0.15) is 32.6 Å². The molecule has 4 heteroatoms. The molecule has 1 amide bonds. The van der Waals surface area contributed by atoms with Crippen molar-refractivity contribution in [3.05, 3.63) is 0 Å². The molecule has 92 valence electrons. The largest absolute Gasteiger partial charge is 0.377 e. The molecule has 1 heterocycles. The van der Waals surface area contributed by atoms with Gasteiger partial charge in [0.05, 0.1) is 19.3 Å². The fraction of sp³-hybridized carbons (Fsp3) is 0.917. The quantitative estimate of drug-likeness (QED) is 0.756. The Bertz CT molecular complexity index is 257. The molecule has 3 unspecified atom stereocenters. The first kappa shape index (κ1) is 11.9. The number of ether oxygens (including phenoxy) is 1. The van der Waals surface area contributed by atoms with Crippen molar-refractivity contribution in [3.8, 4) is 0 Å². The second kappa shape index (κ2) is 5.15. The lowest BCUT2D eigenvalue weighted by Crippen LogP contribution is -2.50. The van der Waals surface area contributed by atoms with Crippen LogP contribution in [0.3, 0.4) is 0 Å². The zero-order valence-electron chi connectivity index (χ0n) is 10.0. The third kappa shape index (κ3) is 2.38. The maximum Gasteiger partial charge on any atom is 0.226 e. The van der Waals surface area contributed by atoms with E-state index in [0.717, 1.165) is 32.2 Å². The van der Waals surface area contributed by atoms with Gasteiger partial charge in [0.15, 0.2) is 0 Å². The van der Waals surface area contributed by atoms with Crippen molar-refractivity contribution in [2.75, 3.05) is 19.8 Å². The van der Waals surface area contributed by atoms with E-state index in [-0.39, 0.29) is 18.0 Å². The first-order chi connectivity index (χ1) is 7.72. The molecule has 0 bridgehead atoms. The summed E-state index contributed by atoms with van der Waals surface area (Å²) < 4.78 is 5.42. The molecule has 0 aromatic rings. The topological polar surface area (TPSA) is 55.6 Å². The SMILES string of the molecule is CCC1COCCN1C(=O)C1CCC(N)C1. The zero-order chi connectivity index (χ0) is 11.5. The molecule has 4 nitrogen and oxygen atoms in total. The summed E-state index contributed by atoms with van der Waals surface area (Å²) >= 11 is 0. The minimum Gasteiger partial charge on any atom is -0.377 e. The Kier molecular flexibility index (Phi) is 3.82. The molecule has 0 spiro atoms. The van der Waals surface area contributed by atoms with Crippen LogP contribution in [0.25, 0.3) is 0 Å². The Labute approximate surface area is 97.1 Å². The van der Waals surface area contributed by atoms with Gasteiger partial charge in [0.2, 0.25) is 5.91 Å². The summed E-state index contributed by atoms with van der Waals surface area (Å²) in [6.07, 6.45) is 3.81. The number of carbonyl (C=O) groups excluding carboxylic acids is 1. The van der Waals surface area contributed by atoms with E-state index in [1.807, 2.05) is 4.90 Å². The molecular weight excluding hydrogens is 204 g/mol. The van der Waals surface area contributed by atoms with Gasteiger partial charge in [0, 0.05) is 18.5 Å². The number of hydrogen-bond donors (Lipinski definition) is 1. The van der Waals surface area contributed by atoms with Crippen LogP contribution in [0.2, 0.25) is 0 Å². The summed E-state index contributed by atoms with van der Waals surface area (Å²) in [5.74, 6) is 0.477. The Morgan fingerprint density at radius 1 is 1.50 bits per heavy atom. The Hall–Kier alpha value is -0.610. The molecule has 1 saturated heterocycles. The van der Waals surface area contributed by atoms with Gasteiger partial charge >= 0.3 is 0 Å². The molecule has 3 atom stereocenters. The molecule has 2 aliphatic rings. The molecule has 2 N–H and O–H groups in total. The van der Waals surface area contributed by atoms with Crippen LogP contribution in [-0.4, -0.2) is 42.6 Å². The standard InChI is InChI=1S/C12H22N2O2/c1-2-11-8-16-6-5-14(11)12(15)9-3-4-10(13)7-9/h9-11H,2-8,13H2,1H3. The molecule has 16 heavy (non-hydrogen) atoms. The van der Waals surface area contributed by atoms with E-state index in [1.54, 1.807) is 0 Å². The lowest BCUT2D eigenvalue weighted by molar-refractivity contribution is -0.144. The van der Waals surface area contributed by atoms with E-state index in [0.29, 0.717) is 19.1 Å². The van der Waals surface area contributed by atoms with E-state index < -0.39 is 0 Å². The second-order valence-electron chi connectivity index (χ2n) is 4.94. The third-order valence-corrected chi connectivity index (χ3v) is 3.80. The van der Waals surface area contributed by atoms with Crippen molar-refractivity contribution < 1.29 is 9.53 Å². The molecule has 1 aliphatic carbocycles. The normalized spacial score (nSPS) is 35.4. The highest BCUT2D eigenvalue weighted by Gasteiger charge is 2.34. The Balaban J connectivity index is 1.96. The second-order valence-corrected chi connectivity index (χ2v) is 4.94. The van der Waals surface area contributed by atoms with Crippen molar-refractivity contribution in [1.29, 1.82) is 0 Å². The maximum atomic E-state index is 12.3. The first-order valence-corrected chi connectivity index (χ1v) is 6.36. The van der Waals surface area contributed by atoms with Crippen molar-refractivity contribution in [2.45, 2.75) is 44.7 Å². The minimum atomic E-state index is 0.169. The highest BCUT2D eigenvalue weighted by Crippen LogP contribution is 2.27. The van der Waals surface area contributed by atoms with Gasteiger partial charge in [-0.1, -0.05) is 6.92 Å². The predicted molar refractivity (Wildman–Crippen MR) is 61.9 cm³/mol. The molecule has 0 aromatic carbocycles. The van der Waals surface area contributed by atoms with Crippen LogP contribution < -0.4 is 5.73 Å². The van der Waals surface area contributed by atoms with Crippen LogP contribution >= 0.6 is 0 Å². The minimum absolute atomic E-state index is 0.169.